The second-order valence-corrected chi connectivity index (χ2v) is 3.92. The SMILES string of the molecule is CCC(NC)c1cc(Cl)cc(Cl)c1O. The van der Waals surface area contributed by atoms with Gasteiger partial charge in [-0.25, -0.2) is 0 Å². The first kappa shape index (κ1) is 11.6. The number of aromatic hydroxyl groups is 1. The van der Waals surface area contributed by atoms with Gasteiger partial charge in [0.2, 0.25) is 0 Å². The Balaban J connectivity index is 3.18. The molecule has 0 bridgehead atoms. The highest BCUT2D eigenvalue weighted by molar-refractivity contribution is 6.35. The second kappa shape index (κ2) is 4.87. The Kier molecular flexibility index (Phi) is 4.05. The molecule has 0 aliphatic rings. The molecule has 0 amide bonds. The molecule has 0 radical (unpaired) electrons. The summed E-state index contributed by atoms with van der Waals surface area (Å²) in [5.74, 6) is 0.109. The summed E-state index contributed by atoms with van der Waals surface area (Å²) in [6, 6.07) is 3.34. The zero-order valence-corrected chi connectivity index (χ0v) is 9.65. The molecule has 1 aromatic rings. The van der Waals surface area contributed by atoms with Crippen molar-refractivity contribution in [2.24, 2.45) is 0 Å². The fourth-order valence-corrected chi connectivity index (χ4v) is 1.94. The summed E-state index contributed by atoms with van der Waals surface area (Å²) < 4.78 is 0. The molecule has 14 heavy (non-hydrogen) atoms. The molecule has 0 saturated carbocycles. The molecule has 1 rings (SSSR count). The van der Waals surface area contributed by atoms with E-state index >= 15 is 0 Å². The average Bonchev–Trinajstić information content (AvgIpc) is 2.15. The molecule has 0 heterocycles. The van der Waals surface area contributed by atoms with Gasteiger partial charge in [0.1, 0.15) is 5.75 Å². The fourth-order valence-electron chi connectivity index (χ4n) is 1.43. The smallest absolute Gasteiger partial charge is 0.139 e. The van der Waals surface area contributed by atoms with Crippen molar-refractivity contribution in [3.05, 3.63) is 27.7 Å². The third-order valence-corrected chi connectivity index (χ3v) is 2.70. The van der Waals surface area contributed by atoms with Crippen LogP contribution in [0, 0.1) is 0 Å². The normalized spacial score (nSPS) is 12.9. The van der Waals surface area contributed by atoms with Gasteiger partial charge in [0.05, 0.1) is 5.02 Å². The molecule has 2 N–H and O–H groups in total. The molecule has 0 saturated heterocycles. The lowest BCUT2D eigenvalue weighted by Gasteiger charge is -2.16. The van der Waals surface area contributed by atoms with Crippen molar-refractivity contribution >= 4 is 23.2 Å². The van der Waals surface area contributed by atoms with Crippen LogP contribution in [0.4, 0.5) is 0 Å². The Labute approximate surface area is 93.8 Å². The van der Waals surface area contributed by atoms with Gasteiger partial charge in [0.25, 0.3) is 0 Å². The Morgan fingerprint density at radius 1 is 1.43 bits per heavy atom. The van der Waals surface area contributed by atoms with Gasteiger partial charge in [-0.2, -0.15) is 0 Å². The molecular formula is C10H13Cl2NO. The number of rotatable bonds is 3. The minimum atomic E-state index is 0.0752. The summed E-state index contributed by atoms with van der Waals surface area (Å²) in [5.41, 5.74) is 0.743. The van der Waals surface area contributed by atoms with Crippen molar-refractivity contribution in [1.82, 2.24) is 5.32 Å². The zero-order valence-electron chi connectivity index (χ0n) is 8.14. The fraction of sp³-hybridized carbons (Fsp3) is 0.400. The van der Waals surface area contributed by atoms with Gasteiger partial charge in [0, 0.05) is 16.6 Å². The number of nitrogens with one attached hydrogen (secondary N) is 1. The van der Waals surface area contributed by atoms with Crippen LogP contribution < -0.4 is 5.32 Å². The van der Waals surface area contributed by atoms with Crippen molar-refractivity contribution < 1.29 is 5.11 Å². The molecule has 2 nitrogen and oxygen atoms in total. The van der Waals surface area contributed by atoms with Gasteiger partial charge < -0.3 is 10.4 Å². The third-order valence-electron chi connectivity index (χ3n) is 2.19. The lowest BCUT2D eigenvalue weighted by molar-refractivity contribution is 0.450. The first-order valence-electron chi connectivity index (χ1n) is 4.45. The van der Waals surface area contributed by atoms with Gasteiger partial charge >= 0.3 is 0 Å². The molecule has 0 spiro atoms. The quantitative estimate of drug-likeness (QED) is 0.840. The molecular weight excluding hydrogens is 221 g/mol. The predicted octanol–water partition coefficient (Wildman–Crippen LogP) is 3.37. The largest absolute Gasteiger partial charge is 0.506 e. The van der Waals surface area contributed by atoms with E-state index in [9.17, 15) is 5.11 Å². The Bertz CT molecular complexity index is 324. The van der Waals surface area contributed by atoms with Gasteiger partial charge in [-0.3, -0.25) is 0 Å². The minimum Gasteiger partial charge on any atom is -0.506 e. The molecule has 1 unspecified atom stereocenters. The summed E-state index contributed by atoms with van der Waals surface area (Å²) in [6.07, 6.45) is 0.862. The molecule has 0 aliphatic heterocycles. The molecule has 4 heteroatoms. The van der Waals surface area contributed by atoms with Gasteiger partial charge in [-0.15, -0.1) is 0 Å². The Hall–Kier alpha value is -0.440. The monoisotopic (exact) mass is 233 g/mol. The first-order chi connectivity index (χ1) is 6.60. The molecule has 1 atom stereocenters. The summed E-state index contributed by atoms with van der Waals surface area (Å²) in [6.45, 7) is 2.02. The standard InChI is InChI=1S/C10H13Cl2NO/c1-3-9(13-2)7-4-6(11)5-8(12)10(7)14/h4-5,9,13-14H,3H2,1-2H3. The number of hydrogen-bond donors (Lipinski definition) is 2. The van der Waals surface area contributed by atoms with Crippen LogP contribution in [0.25, 0.3) is 0 Å². The lowest BCUT2D eigenvalue weighted by atomic mass is 10.0. The minimum absolute atomic E-state index is 0.0752. The summed E-state index contributed by atoms with van der Waals surface area (Å²) >= 11 is 11.7. The van der Waals surface area contributed by atoms with Crippen LogP contribution in [0.5, 0.6) is 5.75 Å². The first-order valence-corrected chi connectivity index (χ1v) is 5.20. The number of hydrogen-bond acceptors (Lipinski definition) is 2. The van der Waals surface area contributed by atoms with E-state index < -0.39 is 0 Å². The predicted molar refractivity (Wildman–Crippen MR) is 60.2 cm³/mol. The second-order valence-electron chi connectivity index (χ2n) is 3.07. The zero-order chi connectivity index (χ0) is 10.7. The van der Waals surface area contributed by atoms with Crippen LogP contribution in [0.3, 0.4) is 0 Å². The van der Waals surface area contributed by atoms with E-state index in [0.717, 1.165) is 12.0 Å². The lowest BCUT2D eigenvalue weighted by Crippen LogP contribution is -2.15. The van der Waals surface area contributed by atoms with E-state index in [1.807, 2.05) is 14.0 Å². The van der Waals surface area contributed by atoms with Crippen molar-refractivity contribution in [3.63, 3.8) is 0 Å². The highest BCUT2D eigenvalue weighted by Gasteiger charge is 2.14. The van der Waals surface area contributed by atoms with Crippen LogP contribution in [0.15, 0.2) is 12.1 Å². The maximum absolute atomic E-state index is 9.72. The van der Waals surface area contributed by atoms with E-state index in [0.29, 0.717) is 10.0 Å². The van der Waals surface area contributed by atoms with E-state index in [1.54, 1.807) is 6.07 Å². The van der Waals surface area contributed by atoms with E-state index in [4.69, 9.17) is 23.2 Å². The summed E-state index contributed by atoms with van der Waals surface area (Å²) in [5, 5.41) is 13.6. The summed E-state index contributed by atoms with van der Waals surface area (Å²) in [7, 11) is 1.84. The topological polar surface area (TPSA) is 32.3 Å². The van der Waals surface area contributed by atoms with E-state index in [2.05, 4.69) is 5.32 Å². The van der Waals surface area contributed by atoms with Crippen molar-refractivity contribution in [3.8, 4) is 5.75 Å². The van der Waals surface area contributed by atoms with Crippen molar-refractivity contribution in [1.29, 1.82) is 0 Å². The van der Waals surface area contributed by atoms with Gasteiger partial charge in [-0.05, 0) is 25.6 Å². The van der Waals surface area contributed by atoms with Gasteiger partial charge in [-0.1, -0.05) is 30.1 Å². The number of benzene rings is 1. The van der Waals surface area contributed by atoms with Crippen LogP contribution >= 0.6 is 23.2 Å². The van der Waals surface area contributed by atoms with Crippen LogP contribution in [0.1, 0.15) is 24.9 Å². The number of phenols is 1. The third kappa shape index (κ3) is 2.32. The maximum Gasteiger partial charge on any atom is 0.139 e. The maximum atomic E-state index is 9.72. The van der Waals surface area contributed by atoms with Crippen LogP contribution in [-0.4, -0.2) is 12.2 Å². The Morgan fingerprint density at radius 3 is 2.57 bits per heavy atom. The molecule has 0 aromatic heterocycles. The van der Waals surface area contributed by atoms with E-state index in [-0.39, 0.29) is 11.8 Å². The average molecular weight is 234 g/mol. The molecule has 0 aliphatic carbocycles. The van der Waals surface area contributed by atoms with Crippen molar-refractivity contribution in [2.75, 3.05) is 7.05 Å². The number of halogens is 2. The van der Waals surface area contributed by atoms with Crippen LogP contribution in [-0.2, 0) is 0 Å². The molecule has 0 fully saturated rings. The molecule has 78 valence electrons. The van der Waals surface area contributed by atoms with Crippen LogP contribution in [0.2, 0.25) is 10.0 Å². The highest BCUT2D eigenvalue weighted by Crippen LogP contribution is 2.35. The highest BCUT2D eigenvalue weighted by atomic mass is 35.5. The summed E-state index contributed by atoms with van der Waals surface area (Å²) in [4.78, 5) is 0. The number of phenolic OH excluding ortho intramolecular Hbond substituents is 1. The Morgan fingerprint density at radius 2 is 2.07 bits per heavy atom. The van der Waals surface area contributed by atoms with E-state index in [1.165, 1.54) is 6.07 Å². The van der Waals surface area contributed by atoms with Gasteiger partial charge in [0.15, 0.2) is 0 Å². The molecule has 1 aromatic carbocycles. The van der Waals surface area contributed by atoms with Crippen molar-refractivity contribution in [2.45, 2.75) is 19.4 Å².